The Kier molecular flexibility index (Phi) is 4.71. The van der Waals surface area contributed by atoms with Crippen LogP contribution in [-0.2, 0) is 11.3 Å². The highest BCUT2D eigenvalue weighted by Gasteiger charge is 2.31. The van der Waals surface area contributed by atoms with Crippen LogP contribution < -0.4 is 10.5 Å². The van der Waals surface area contributed by atoms with Crippen molar-refractivity contribution in [3.63, 3.8) is 0 Å². The van der Waals surface area contributed by atoms with Crippen LogP contribution in [0.5, 0.6) is 0 Å². The smallest absolute Gasteiger partial charge is 0.261 e. The van der Waals surface area contributed by atoms with Crippen LogP contribution in [0.25, 0.3) is 22.6 Å². The van der Waals surface area contributed by atoms with E-state index in [-0.39, 0.29) is 11.5 Å². The summed E-state index contributed by atoms with van der Waals surface area (Å²) in [6.45, 7) is 2.91. The highest BCUT2D eigenvalue weighted by Crippen LogP contribution is 2.37. The lowest BCUT2D eigenvalue weighted by molar-refractivity contribution is -0.112. The minimum atomic E-state index is -0.118. The average molecular weight is 407 g/mol. The van der Waals surface area contributed by atoms with Gasteiger partial charge in [0.25, 0.3) is 11.5 Å². The van der Waals surface area contributed by atoms with Crippen molar-refractivity contribution < 1.29 is 4.79 Å². The van der Waals surface area contributed by atoms with Crippen molar-refractivity contribution in [2.45, 2.75) is 13.5 Å². The van der Waals surface area contributed by atoms with Gasteiger partial charge in [-0.05, 0) is 36.8 Å². The molecule has 0 radical (unpaired) electrons. The Morgan fingerprint density at radius 1 is 0.871 bits per heavy atom. The van der Waals surface area contributed by atoms with Crippen molar-refractivity contribution >= 4 is 34.1 Å². The molecule has 0 atom stereocenters. The molecule has 5 rings (SSSR count). The molecule has 1 amide bonds. The van der Waals surface area contributed by atoms with E-state index in [1.807, 2.05) is 79.7 Å². The van der Waals surface area contributed by atoms with E-state index in [1.165, 1.54) is 0 Å². The minimum absolute atomic E-state index is 0.0719. The second kappa shape index (κ2) is 7.69. The molecule has 1 aliphatic rings. The molecule has 0 saturated carbocycles. The lowest BCUT2D eigenvalue weighted by atomic mass is 10.1. The summed E-state index contributed by atoms with van der Waals surface area (Å²) in [5.74, 6) is 0.404. The van der Waals surface area contributed by atoms with Gasteiger partial charge in [0.1, 0.15) is 5.82 Å². The minimum Gasteiger partial charge on any atom is -0.308 e. The van der Waals surface area contributed by atoms with E-state index in [4.69, 9.17) is 4.98 Å². The number of likely N-dealkylation sites (N-methyl/N-ethyl adjacent to an activating group) is 1. The molecule has 3 aromatic carbocycles. The van der Waals surface area contributed by atoms with Crippen molar-refractivity contribution in [2.75, 3.05) is 11.4 Å². The molecule has 1 aliphatic heterocycles. The van der Waals surface area contributed by atoms with Crippen LogP contribution in [0.15, 0.2) is 83.7 Å². The summed E-state index contributed by atoms with van der Waals surface area (Å²) in [4.78, 5) is 33.1. The van der Waals surface area contributed by atoms with Crippen LogP contribution in [0, 0.1) is 0 Å². The average Bonchev–Trinajstić information content (AvgIpc) is 3.08. The van der Waals surface area contributed by atoms with Crippen molar-refractivity contribution in [1.29, 1.82) is 0 Å². The van der Waals surface area contributed by atoms with Crippen molar-refractivity contribution in [3.05, 3.63) is 106 Å². The third kappa shape index (κ3) is 3.24. The van der Waals surface area contributed by atoms with E-state index in [9.17, 15) is 9.59 Å². The van der Waals surface area contributed by atoms with Gasteiger partial charge in [0.05, 0.1) is 28.7 Å². The van der Waals surface area contributed by atoms with Crippen LogP contribution >= 0.6 is 0 Å². The van der Waals surface area contributed by atoms with Crippen molar-refractivity contribution in [3.8, 4) is 0 Å². The van der Waals surface area contributed by atoms with E-state index in [1.54, 1.807) is 21.6 Å². The van der Waals surface area contributed by atoms with E-state index >= 15 is 0 Å². The zero-order valence-electron chi connectivity index (χ0n) is 17.2. The molecular formula is C26H21N3O2. The zero-order valence-corrected chi connectivity index (χ0v) is 17.2. The van der Waals surface area contributed by atoms with Gasteiger partial charge in [0, 0.05) is 12.1 Å². The second-order valence-corrected chi connectivity index (χ2v) is 7.49. The summed E-state index contributed by atoms with van der Waals surface area (Å²) < 4.78 is 1.65. The Balaban J connectivity index is 1.74. The number of rotatable bonds is 4. The zero-order chi connectivity index (χ0) is 21.4. The number of carbonyl (C=O) groups excluding carboxylic acids is 1. The number of para-hydroxylation sites is 2. The molecule has 5 nitrogen and oxygen atoms in total. The lowest BCUT2D eigenvalue weighted by Gasteiger charge is -2.14. The van der Waals surface area contributed by atoms with Gasteiger partial charge in [-0.1, -0.05) is 60.7 Å². The molecule has 0 bridgehead atoms. The molecule has 5 heteroatoms. The number of hydrogen-bond acceptors (Lipinski definition) is 3. The quantitative estimate of drug-likeness (QED) is 0.473. The van der Waals surface area contributed by atoms with Crippen LogP contribution in [-0.4, -0.2) is 22.0 Å². The predicted molar refractivity (Wildman–Crippen MR) is 124 cm³/mol. The highest BCUT2D eigenvalue weighted by molar-refractivity contribution is 6.35. The molecule has 0 spiro atoms. The number of aromatic nitrogens is 2. The fourth-order valence-corrected chi connectivity index (χ4v) is 4.10. The van der Waals surface area contributed by atoms with E-state index in [0.29, 0.717) is 35.4 Å². The first kappa shape index (κ1) is 19.0. The molecule has 1 aromatic heterocycles. The summed E-state index contributed by atoms with van der Waals surface area (Å²) in [6, 6.07) is 24.9. The SMILES string of the molecule is CCN1C(=O)/C(=C\c2nc3ccccc3c(=O)n2Cc2ccccc2)c2ccccc21. The topological polar surface area (TPSA) is 55.2 Å². The summed E-state index contributed by atoms with van der Waals surface area (Å²) >= 11 is 0. The number of hydrogen-bond donors (Lipinski definition) is 0. The van der Waals surface area contributed by atoms with E-state index in [2.05, 4.69) is 0 Å². The Bertz CT molecular complexity index is 1390. The number of anilines is 1. The Morgan fingerprint density at radius 2 is 1.58 bits per heavy atom. The van der Waals surface area contributed by atoms with Gasteiger partial charge in [-0.25, -0.2) is 4.98 Å². The Labute approximate surface area is 179 Å². The molecule has 2 heterocycles. The van der Waals surface area contributed by atoms with Gasteiger partial charge in [-0.2, -0.15) is 0 Å². The third-order valence-electron chi connectivity index (χ3n) is 5.62. The predicted octanol–water partition coefficient (Wildman–Crippen LogP) is 4.35. The molecule has 0 fully saturated rings. The normalized spacial score (nSPS) is 14.4. The fourth-order valence-electron chi connectivity index (χ4n) is 4.10. The van der Waals surface area contributed by atoms with Crippen molar-refractivity contribution in [1.82, 2.24) is 9.55 Å². The van der Waals surface area contributed by atoms with Crippen LogP contribution in [0.4, 0.5) is 5.69 Å². The second-order valence-electron chi connectivity index (χ2n) is 7.49. The van der Waals surface area contributed by atoms with Gasteiger partial charge < -0.3 is 4.90 Å². The Morgan fingerprint density at radius 3 is 2.39 bits per heavy atom. The molecule has 4 aromatic rings. The summed E-state index contributed by atoms with van der Waals surface area (Å²) in [5.41, 5.74) is 3.81. The standard InChI is InChI=1S/C26H21N3O2/c1-2-28-23-15-9-7-12-19(23)21(26(28)31)16-24-27-22-14-8-6-13-20(22)25(30)29(24)17-18-10-4-3-5-11-18/h3-16H,2,17H2,1H3/b21-16-. The first-order valence-corrected chi connectivity index (χ1v) is 10.3. The number of nitrogens with zero attached hydrogens (tertiary/aromatic N) is 3. The number of carbonyl (C=O) groups is 1. The van der Waals surface area contributed by atoms with Crippen LogP contribution in [0.3, 0.4) is 0 Å². The number of benzene rings is 3. The van der Waals surface area contributed by atoms with E-state index < -0.39 is 0 Å². The molecule has 31 heavy (non-hydrogen) atoms. The fraction of sp³-hybridized carbons (Fsp3) is 0.115. The lowest BCUT2D eigenvalue weighted by Crippen LogP contribution is -2.26. The van der Waals surface area contributed by atoms with E-state index in [0.717, 1.165) is 16.8 Å². The molecule has 0 aliphatic carbocycles. The maximum absolute atomic E-state index is 13.4. The molecule has 0 N–H and O–H groups in total. The van der Waals surface area contributed by atoms with Crippen LogP contribution in [0.1, 0.15) is 23.9 Å². The summed E-state index contributed by atoms with van der Waals surface area (Å²) in [6.07, 6.45) is 1.76. The van der Waals surface area contributed by atoms with Gasteiger partial charge >= 0.3 is 0 Å². The summed E-state index contributed by atoms with van der Waals surface area (Å²) in [5, 5.41) is 0.564. The Hall–Kier alpha value is -3.99. The third-order valence-corrected chi connectivity index (χ3v) is 5.62. The number of amides is 1. The molecule has 0 saturated heterocycles. The first-order valence-electron chi connectivity index (χ1n) is 10.3. The molecule has 152 valence electrons. The van der Waals surface area contributed by atoms with Gasteiger partial charge in [0.2, 0.25) is 0 Å². The maximum atomic E-state index is 13.4. The van der Waals surface area contributed by atoms with Crippen molar-refractivity contribution in [2.24, 2.45) is 0 Å². The largest absolute Gasteiger partial charge is 0.308 e. The number of fused-ring (bicyclic) bond motifs is 2. The van der Waals surface area contributed by atoms with Gasteiger partial charge in [-0.3, -0.25) is 14.2 Å². The highest BCUT2D eigenvalue weighted by atomic mass is 16.2. The maximum Gasteiger partial charge on any atom is 0.261 e. The summed E-state index contributed by atoms with van der Waals surface area (Å²) in [7, 11) is 0. The molecular weight excluding hydrogens is 386 g/mol. The monoisotopic (exact) mass is 407 g/mol. The first-order chi connectivity index (χ1) is 15.2. The van der Waals surface area contributed by atoms with Gasteiger partial charge in [-0.15, -0.1) is 0 Å². The van der Waals surface area contributed by atoms with Crippen LogP contribution in [0.2, 0.25) is 0 Å². The molecule has 0 unspecified atom stereocenters. The van der Waals surface area contributed by atoms with Gasteiger partial charge in [0.15, 0.2) is 0 Å².